The number of hydrogen-bond donors (Lipinski definition) is 1. The lowest BCUT2D eigenvalue weighted by molar-refractivity contribution is 0.153. The number of likely N-dealkylation sites (N-methyl/N-ethyl adjacent to an activating group) is 1. The number of likely N-dealkylation sites (tertiary alicyclic amines) is 1. The van der Waals surface area contributed by atoms with Crippen LogP contribution < -0.4 is 5.56 Å². The number of aryl methyl sites for hydroxylation is 2. The first-order valence-corrected chi connectivity index (χ1v) is 9.24. The van der Waals surface area contributed by atoms with Crippen LogP contribution in [0.3, 0.4) is 0 Å². The van der Waals surface area contributed by atoms with E-state index >= 15 is 0 Å². The first kappa shape index (κ1) is 16.8. The lowest BCUT2D eigenvalue weighted by Gasteiger charge is -2.26. The minimum absolute atomic E-state index is 0.110. The maximum absolute atomic E-state index is 12.7. The van der Waals surface area contributed by atoms with Crippen LogP contribution in [0.1, 0.15) is 24.0 Å². The molecule has 2 aromatic rings. The smallest absolute Gasteiger partial charge is 0.251 e. The molecule has 2 atom stereocenters. The SMILES string of the molecule is CN(C)[C@@H]1C[C@@H](CO)N(Cc2cc(=O)n3c4c(cccc24)CCC3)C1. The molecular formula is C20H27N3O2. The molecule has 0 amide bonds. The minimum Gasteiger partial charge on any atom is -0.395 e. The molecule has 134 valence electrons. The lowest BCUT2D eigenvalue weighted by Crippen LogP contribution is -2.34. The van der Waals surface area contributed by atoms with E-state index in [-0.39, 0.29) is 18.2 Å². The fraction of sp³-hybridized carbons (Fsp3) is 0.550. The maximum atomic E-state index is 12.7. The third kappa shape index (κ3) is 2.90. The summed E-state index contributed by atoms with van der Waals surface area (Å²) in [6.07, 6.45) is 3.06. The van der Waals surface area contributed by atoms with Crippen molar-refractivity contribution in [2.45, 2.75) is 44.4 Å². The van der Waals surface area contributed by atoms with E-state index in [2.05, 4.69) is 42.1 Å². The molecule has 3 heterocycles. The Morgan fingerprint density at radius 1 is 1.32 bits per heavy atom. The van der Waals surface area contributed by atoms with Crippen molar-refractivity contribution < 1.29 is 5.11 Å². The van der Waals surface area contributed by atoms with Crippen molar-refractivity contribution in [2.24, 2.45) is 0 Å². The van der Waals surface area contributed by atoms with Crippen LogP contribution >= 0.6 is 0 Å². The van der Waals surface area contributed by atoms with Gasteiger partial charge >= 0.3 is 0 Å². The monoisotopic (exact) mass is 341 g/mol. The van der Waals surface area contributed by atoms with Crippen LogP contribution in [0.15, 0.2) is 29.1 Å². The number of rotatable bonds is 4. The van der Waals surface area contributed by atoms with E-state index < -0.39 is 0 Å². The minimum atomic E-state index is 0.110. The molecule has 1 fully saturated rings. The molecule has 0 spiro atoms. The number of aromatic nitrogens is 1. The Bertz CT molecular complexity index is 843. The molecule has 5 nitrogen and oxygen atoms in total. The molecular weight excluding hydrogens is 314 g/mol. The van der Waals surface area contributed by atoms with Gasteiger partial charge in [-0.3, -0.25) is 9.69 Å². The first-order valence-electron chi connectivity index (χ1n) is 9.24. The fourth-order valence-corrected chi connectivity index (χ4v) is 4.50. The van der Waals surface area contributed by atoms with Crippen LogP contribution in [-0.2, 0) is 19.5 Å². The highest BCUT2D eigenvalue weighted by Gasteiger charge is 2.33. The van der Waals surface area contributed by atoms with Crippen molar-refractivity contribution in [1.82, 2.24) is 14.4 Å². The Kier molecular flexibility index (Phi) is 4.40. The van der Waals surface area contributed by atoms with Gasteiger partial charge in [-0.2, -0.15) is 0 Å². The van der Waals surface area contributed by atoms with Gasteiger partial charge in [-0.1, -0.05) is 18.2 Å². The van der Waals surface area contributed by atoms with E-state index in [1.165, 1.54) is 10.9 Å². The highest BCUT2D eigenvalue weighted by molar-refractivity contribution is 5.86. The third-order valence-corrected chi connectivity index (χ3v) is 5.95. The molecule has 0 aliphatic carbocycles. The third-order valence-electron chi connectivity index (χ3n) is 5.95. The number of pyridine rings is 1. The van der Waals surface area contributed by atoms with E-state index in [9.17, 15) is 9.90 Å². The maximum Gasteiger partial charge on any atom is 0.251 e. The number of nitrogens with zero attached hydrogens (tertiary/aromatic N) is 3. The van der Waals surface area contributed by atoms with Crippen LogP contribution in [0, 0.1) is 0 Å². The Morgan fingerprint density at radius 3 is 2.92 bits per heavy atom. The van der Waals surface area contributed by atoms with Crippen molar-refractivity contribution in [3.8, 4) is 0 Å². The van der Waals surface area contributed by atoms with Gasteiger partial charge in [-0.15, -0.1) is 0 Å². The largest absolute Gasteiger partial charge is 0.395 e. The van der Waals surface area contributed by atoms with Crippen LogP contribution in [0.4, 0.5) is 0 Å². The molecule has 25 heavy (non-hydrogen) atoms. The second kappa shape index (κ2) is 6.56. The summed E-state index contributed by atoms with van der Waals surface area (Å²) in [5.74, 6) is 0. The van der Waals surface area contributed by atoms with Crippen LogP contribution in [0.25, 0.3) is 10.9 Å². The van der Waals surface area contributed by atoms with Gasteiger partial charge in [0, 0.05) is 43.2 Å². The predicted molar refractivity (Wildman–Crippen MR) is 99.9 cm³/mol. The summed E-state index contributed by atoms with van der Waals surface area (Å²) >= 11 is 0. The molecule has 0 bridgehead atoms. The number of para-hydroxylation sites is 1. The Morgan fingerprint density at radius 2 is 2.16 bits per heavy atom. The van der Waals surface area contributed by atoms with E-state index in [4.69, 9.17) is 0 Å². The van der Waals surface area contributed by atoms with E-state index in [1.54, 1.807) is 0 Å². The summed E-state index contributed by atoms with van der Waals surface area (Å²) in [7, 11) is 4.19. The van der Waals surface area contributed by atoms with E-state index in [1.807, 2.05) is 10.6 Å². The lowest BCUT2D eigenvalue weighted by atomic mass is 9.98. The second-order valence-corrected chi connectivity index (χ2v) is 7.70. The van der Waals surface area contributed by atoms with Gasteiger partial charge < -0.3 is 14.6 Å². The summed E-state index contributed by atoms with van der Waals surface area (Å²) < 4.78 is 1.94. The van der Waals surface area contributed by atoms with E-state index in [0.29, 0.717) is 6.04 Å². The van der Waals surface area contributed by atoms with Crippen LogP contribution in [0.2, 0.25) is 0 Å². The van der Waals surface area contributed by atoms with Crippen molar-refractivity contribution in [3.05, 3.63) is 45.7 Å². The Hall–Kier alpha value is -1.69. The second-order valence-electron chi connectivity index (χ2n) is 7.70. The van der Waals surface area contributed by atoms with Crippen LogP contribution in [0.5, 0.6) is 0 Å². The summed E-state index contributed by atoms with van der Waals surface area (Å²) in [4.78, 5) is 17.2. The normalized spacial score (nSPS) is 23.7. The van der Waals surface area contributed by atoms with Gasteiger partial charge in [0.1, 0.15) is 0 Å². The molecule has 0 radical (unpaired) electrons. The zero-order valence-corrected chi connectivity index (χ0v) is 15.1. The molecule has 2 aliphatic rings. The number of benzene rings is 1. The predicted octanol–water partition coefficient (Wildman–Crippen LogP) is 1.44. The molecule has 1 N–H and O–H groups in total. The average molecular weight is 341 g/mol. The van der Waals surface area contributed by atoms with Gasteiger partial charge in [-0.05, 0) is 44.5 Å². The molecule has 1 aromatic carbocycles. The molecule has 0 saturated carbocycles. The van der Waals surface area contributed by atoms with Gasteiger partial charge in [0.15, 0.2) is 0 Å². The summed E-state index contributed by atoms with van der Waals surface area (Å²) in [6.45, 7) is 2.65. The zero-order valence-electron chi connectivity index (χ0n) is 15.1. The fourth-order valence-electron chi connectivity index (χ4n) is 4.50. The zero-order chi connectivity index (χ0) is 17.6. The Labute approximate surface area is 148 Å². The summed E-state index contributed by atoms with van der Waals surface area (Å²) in [5, 5.41) is 11.0. The van der Waals surface area contributed by atoms with Gasteiger partial charge in [0.05, 0.1) is 12.1 Å². The van der Waals surface area contributed by atoms with Crippen molar-refractivity contribution in [3.63, 3.8) is 0 Å². The topological polar surface area (TPSA) is 48.7 Å². The van der Waals surface area contributed by atoms with Gasteiger partial charge in [0.2, 0.25) is 0 Å². The molecule has 4 rings (SSSR count). The molecule has 5 heteroatoms. The summed E-state index contributed by atoms with van der Waals surface area (Å²) in [6, 6.07) is 8.84. The van der Waals surface area contributed by atoms with Crippen LogP contribution in [-0.4, -0.2) is 58.8 Å². The average Bonchev–Trinajstić information content (AvgIpc) is 3.02. The number of aliphatic hydroxyl groups is 1. The van der Waals surface area contributed by atoms with Gasteiger partial charge in [-0.25, -0.2) is 0 Å². The quantitative estimate of drug-likeness (QED) is 0.914. The highest BCUT2D eigenvalue weighted by atomic mass is 16.3. The van der Waals surface area contributed by atoms with Gasteiger partial charge in [0.25, 0.3) is 5.56 Å². The van der Waals surface area contributed by atoms with Crippen molar-refractivity contribution in [1.29, 1.82) is 0 Å². The number of hydrogen-bond acceptors (Lipinski definition) is 4. The first-order chi connectivity index (χ1) is 12.1. The van der Waals surface area contributed by atoms with Crippen molar-refractivity contribution >= 4 is 10.9 Å². The molecule has 0 unspecified atom stereocenters. The Balaban J connectivity index is 1.73. The van der Waals surface area contributed by atoms with E-state index in [0.717, 1.165) is 50.0 Å². The standard InChI is InChI=1S/C20H27N3O2/c1-21(2)16-10-17(13-24)22(12-16)11-15-9-19(25)23-8-4-6-14-5-3-7-18(15)20(14)23/h3,5,7,9,16-17,24H,4,6,8,10-13H2,1-2H3/t16-,17+/m1/s1. The highest BCUT2D eigenvalue weighted by Crippen LogP contribution is 2.29. The number of aliphatic hydroxyl groups excluding tert-OH is 1. The van der Waals surface area contributed by atoms with Crippen molar-refractivity contribution in [2.75, 3.05) is 27.2 Å². The molecule has 1 saturated heterocycles. The molecule has 1 aromatic heterocycles. The summed E-state index contributed by atoms with van der Waals surface area (Å²) in [5.41, 5.74) is 3.62. The molecule has 2 aliphatic heterocycles.